The number of hydrogen-bond acceptors (Lipinski definition) is 6. The fourth-order valence-electron chi connectivity index (χ4n) is 2.43. The Morgan fingerprint density at radius 1 is 1.10 bits per heavy atom. The van der Waals surface area contributed by atoms with E-state index >= 15 is 0 Å². The largest absolute Gasteiger partial charge is 0.451 e. The van der Waals surface area contributed by atoms with E-state index in [0.29, 0.717) is 15.7 Å². The standard InChI is InChI=1S/C21H18ClN3O4S/c1-13(29-18(26)11-23-20(28)15-7-9-16(22)10-8-15)19(27)25-21-24-17(12-30-21)14-5-3-2-4-6-14/h2-10,12-13H,11H2,1H3,(H,23,28)(H,24,25,27). The number of benzene rings is 2. The molecule has 1 unspecified atom stereocenters. The van der Waals surface area contributed by atoms with E-state index in [4.69, 9.17) is 16.3 Å². The first-order chi connectivity index (χ1) is 14.4. The molecule has 0 saturated heterocycles. The molecule has 0 aliphatic heterocycles. The molecule has 3 aromatic rings. The van der Waals surface area contributed by atoms with Crippen molar-refractivity contribution < 1.29 is 19.1 Å². The van der Waals surface area contributed by atoms with E-state index < -0.39 is 23.9 Å². The summed E-state index contributed by atoms with van der Waals surface area (Å²) in [6, 6.07) is 15.8. The minimum atomic E-state index is -1.05. The summed E-state index contributed by atoms with van der Waals surface area (Å²) in [6.07, 6.45) is -1.05. The molecule has 0 spiro atoms. The Bertz CT molecular complexity index is 1040. The summed E-state index contributed by atoms with van der Waals surface area (Å²) < 4.78 is 5.07. The van der Waals surface area contributed by atoms with Gasteiger partial charge < -0.3 is 10.1 Å². The molecule has 154 valence electrons. The van der Waals surface area contributed by atoms with Gasteiger partial charge in [0.2, 0.25) is 0 Å². The van der Waals surface area contributed by atoms with Crippen LogP contribution in [0.25, 0.3) is 11.3 Å². The molecule has 0 saturated carbocycles. The van der Waals surface area contributed by atoms with Gasteiger partial charge >= 0.3 is 5.97 Å². The zero-order chi connectivity index (χ0) is 21.5. The Hall–Kier alpha value is -3.23. The Kier molecular flexibility index (Phi) is 7.16. The van der Waals surface area contributed by atoms with Crippen LogP contribution in [0.4, 0.5) is 5.13 Å². The van der Waals surface area contributed by atoms with Gasteiger partial charge in [0.25, 0.3) is 11.8 Å². The highest BCUT2D eigenvalue weighted by molar-refractivity contribution is 7.14. The molecule has 1 atom stereocenters. The molecule has 2 amide bonds. The summed E-state index contributed by atoms with van der Waals surface area (Å²) in [5, 5.41) is 7.79. The molecule has 1 heterocycles. The lowest BCUT2D eigenvalue weighted by Gasteiger charge is -2.12. The lowest BCUT2D eigenvalue weighted by atomic mass is 10.2. The molecule has 3 rings (SSSR count). The zero-order valence-corrected chi connectivity index (χ0v) is 17.5. The van der Waals surface area contributed by atoms with Gasteiger partial charge in [-0.2, -0.15) is 0 Å². The molecule has 30 heavy (non-hydrogen) atoms. The topological polar surface area (TPSA) is 97.4 Å². The number of amides is 2. The monoisotopic (exact) mass is 443 g/mol. The predicted molar refractivity (Wildman–Crippen MR) is 116 cm³/mol. The Balaban J connectivity index is 1.47. The summed E-state index contributed by atoms with van der Waals surface area (Å²) in [5.74, 6) is -1.69. The van der Waals surface area contributed by atoms with Crippen molar-refractivity contribution >= 4 is 45.9 Å². The molecular weight excluding hydrogens is 426 g/mol. The Morgan fingerprint density at radius 2 is 1.80 bits per heavy atom. The minimum absolute atomic E-state index is 0.357. The first-order valence-corrected chi connectivity index (χ1v) is 10.2. The van der Waals surface area contributed by atoms with Crippen molar-refractivity contribution in [3.8, 4) is 11.3 Å². The van der Waals surface area contributed by atoms with Gasteiger partial charge in [-0.3, -0.25) is 19.7 Å². The number of ether oxygens (including phenoxy) is 1. The first kappa shape index (κ1) is 21.5. The number of rotatable bonds is 7. The van der Waals surface area contributed by atoms with Crippen molar-refractivity contribution in [1.29, 1.82) is 0 Å². The van der Waals surface area contributed by atoms with Crippen LogP contribution in [-0.2, 0) is 14.3 Å². The van der Waals surface area contributed by atoms with Gasteiger partial charge in [0.1, 0.15) is 6.54 Å². The van der Waals surface area contributed by atoms with Crippen molar-refractivity contribution in [2.24, 2.45) is 0 Å². The van der Waals surface area contributed by atoms with Crippen LogP contribution >= 0.6 is 22.9 Å². The van der Waals surface area contributed by atoms with Crippen molar-refractivity contribution in [3.05, 3.63) is 70.6 Å². The number of anilines is 1. The predicted octanol–water partition coefficient (Wildman–Crippen LogP) is 3.76. The second kappa shape index (κ2) is 10.00. The molecule has 0 bridgehead atoms. The zero-order valence-electron chi connectivity index (χ0n) is 15.9. The fraction of sp³-hybridized carbons (Fsp3) is 0.143. The average Bonchev–Trinajstić information content (AvgIpc) is 3.21. The van der Waals surface area contributed by atoms with Gasteiger partial charge in [0, 0.05) is 21.5 Å². The number of nitrogens with zero attached hydrogens (tertiary/aromatic N) is 1. The number of hydrogen-bond donors (Lipinski definition) is 2. The van der Waals surface area contributed by atoms with Gasteiger partial charge in [0.05, 0.1) is 5.69 Å². The molecule has 0 aliphatic carbocycles. The lowest BCUT2D eigenvalue weighted by molar-refractivity contribution is -0.152. The van der Waals surface area contributed by atoms with Crippen molar-refractivity contribution in [2.75, 3.05) is 11.9 Å². The van der Waals surface area contributed by atoms with E-state index in [1.54, 1.807) is 12.1 Å². The minimum Gasteiger partial charge on any atom is -0.451 e. The van der Waals surface area contributed by atoms with E-state index in [9.17, 15) is 14.4 Å². The molecule has 1 aromatic heterocycles. The summed E-state index contributed by atoms with van der Waals surface area (Å²) in [4.78, 5) is 40.6. The van der Waals surface area contributed by atoms with Crippen LogP contribution in [0, 0.1) is 0 Å². The number of halogens is 1. The van der Waals surface area contributed by atoms with Gasteiger partial charge in [0.15, 0.2) is 11.2 Å². The van der Waals surface area contributed by atoms with Gasteiger partial charge in [-0.25, -0.2) is 4.98 Å². The maximum Gasteiger partial charge on any atom is 0.326 e. The van der Waals surface area contributed by atoms with Crippen molar-refractivity contribution in [1.82, 2.24) is 10.3 Å². The maximum atomic E-state index is 12.3. The number of esters is 1. The van der Waals surface area contributed by atoms with Crippen molar-refractivity contribution in [2.45, 2.75) is 13.0 Å². The van der Waals surface area contributed by atoms with Crippen LogP contribution in [0.15, 0.2) is 60.0 Å². The number of carbonyl (C=O) groups excluding carboxylic acids is 3. The molecule has 2 N–H and O–H groups in total. The highest BCUT2D eigenvalue weighted by atomic mass is 35.5. The van der Waals surface area contributed by atoms with Crippen LogP contribution in [0.1, 0.15) is 17.3 Å². The Morgan fingerprint density at radius 3 is 2.50 bits per heavy atom. The number of carbonyl (C=O) groups is 3. The van der Waals surface area contributed by atoms with E-state index in [1.165, 1.54) is 30.4 Å². The molecule has 0 aliphatic rings. The van der Waals surface area contributed by atoms with Gasteiger partial charge in [-0.15, -0.1) is 11.3 Å². The van der Waals surface area contributed by atoms with Crippen LogP contribution in [0.2, 0.25) is 5.02 Å². The van der Waals surface area contributed by atoms with Crippen LogP contribution in [-0.4, -0.2) is 35.4 Å². The summed E-state index contributed by atoms with van der Waals surface area (Å²) in [5.41, 5.74) is 2.03. The molecule has 7 nitrogen and oxygen atoms in total. The number of thiazole rings is 1. The second-order valence-electron chi connectivity index (χ2n) is 6.21. The van der Waals surface area contributed by atoms with E-state index in [-0.39, 0.29) is 6.54 Å². The van der Waals surface area contributed by atoms with Crippen LogP contribution in [0.3, 0.4) is 0 Å². The molecular formula is C21H18ClN3O4S. The quantitative estimate of drug-likeness (QED) is 0.542. The lowest BCUT2D eigenvalue weighted by Crippen LogP contribution is -2.35. The SMILES string of the molecule is CC(OC(=O)CNC(=O)c1ccc(Cl)cc1)C(=O)Nc1nc(-c2ccccc2)cs1. The van der Waals surface area contributed by atoms with E-state index in [0.717, 1.165) is 11.3 Å². The number of aromatic nitrogens is 1. The third-order valence-electron chi connectivity index (χ3n) is 3.98. The Labute approximate surface area is 182 Å². The highest BCUT2D eigenvalue weighted by Gasteiger charge is 2.20. The maximum absolute atomic E-state index is 12.3. The third-order valence-corrected chi connectivity index (χ3v) is 4.99. The van der Waals surface area contributed by atoms with E-state index in [1.807, 2.05) is 35.7 Å². The second-order valence-corrected chi connectivity index (χ2v) is 7.51. The summed E-state index contributed by atoms with van der Waals surface area (Å²) in [7, 11) is 0. The average molecular weight is 444 g/mol. The molecule has 9 heteroatoms. The normalized spacial score (nSPS) is 11.4. The third kappa shape index (κ3) is 5.88. The van der Waals surface area contributed by atoms with Gasteiger partial charge in [-0.1, -0.05) is 41.9 Å². The highest BCUT2D eigenvalue weighted by Crippen LogP contribution is 2.24. The van der Waals surface area contributed by atoms with Crippen molar-refractivity contribution in [3.63, 3.8) is 0 Å². The molecule has 0 radical (unpaired) electrons. The van der Waals surface area contributed by atoms with Crippen LogP contribution < -0.4 is 10.6 Å². The molecule has 2 aromatic carbocycles. The van der Waals surface area contributed by atoms with E-state index in [2.05, 4.69) is 15.6 Å². The summed E-state index contributed by atoms with van der Waals surface area (Å²) >= 11 is 7.05. The summed E-state index contributed by atoms with van der Waals surface area (Å²) in [6.45, 7) is 1.08. The van der Waals surface area contributed by atoms with Gasteiger partial charge in [-0.05, 0) is 31.2 Å². The van der Waals surface area contributed by atoms with Crippen LogP contribution in [0.5, 0.6) is 0 Å². The smallest absolute Gasteiger partial charge is 0.326 e. The number of nitrogens with one attached hydrogen (secondary N) is 2. The first-order valence-electron chi connectivity index (χ1n) is 8.97. The molecule has 0 fully saturated rings. The fourth-order valence-corrected chi connectivity index (χ4v) is 3.28.